The molecule has 0 spiro atoms. The van der Waals surface area contributed by atoms with Gasteiger partial charge in [-0.1, -0.05) is 6.07 Å². The van der Waals surface area contributed by atoms with E-state index in [-0.39, 0.29) is 24.2 Å². The molecule has 23 heavy (non-hydrogen) atoms. The smallest absolute Gasteiger partial charge is 0.416 e. The number of amides is 1. The monoisotopic (exact) mass is 343 g/mol. The van der Waals surface area contributed by atoms with E-state index in [0.29, 0.717) is 5.01 Å². The van der Waals surface area contributed by atoms with Crippen molar-refractivity contribution in [2.24, 2.45) is 0 Å². The molecular formula is C14H10F3N2O3S-. The van der Waals surface area contributed by atoms with E-state index in [0.717, 1.165) is 23.5 Å². The van der Waals surface area contributed by atoms with Crippen LogP contribution in [0.2, 0.25) is 0 Å². The number of hydrogen-bond donors (Lipinski definition) is 1. The minimum absolute atomic E-state index is 0.0244. The molecule has 1 aromatic heterocycles. The second-order valence-electron chi connectivity index (χ2n) is 4.58. The number of nitrogens with one attached hydrogen (secondary N) is 1. The average Bonchev–Trinajstić information content (AvgIpc) is 2.84. The Morgan fingerprint density at radius 3 is 2.65 bits per heavy atom. The number of rotatable bonds is 5. The minimum atomic E-state index is -4.49. The molecule has 0 saturated heterocycles. The maximum absolute atomic E-state index is 12.6. The molecule has 9 heteroatoms. The predicted molar refractivity (Wildman–Crippen MR) is 74.6 cm³/mol. The molecule has 0 saturated carbocycles. The van der Waals surface area contributed by atoms with E-state index < -0.39 is 23.6 Å². The van der Waals surface area contributed by atoms with Gasteiger partial charge < -0.3 is 15.2 Å². The number of aromatic nitrogens is 1. The third-order valence-corrected chi connectivity index (χ3v) is 3.61. The van der Waals surface area contributed by atoms with Crippen molar-refractivity contribution < 1.29 is 27.9 Å². The van der Waals surface area contributed by atoms with Gasteiger partial charge in [-0.25, -0.2) is 4.98 Å². The first kappa shape index (κ1) is 16.9. The van der Waals surface area contributed by atoms with Gasteiger partial charge in [0.1, 0.15) is 5.01 Å². The van der Waals surface area contributed by atoms with E-state index in [1.807, 2.05) is 0 Å². The standard InChI is InChI=1S/C14H11F3N2O3S/c15-14(16,17)8-2-1-3-9(4-8)18-11(20)6-12-19-10(7-23-12)5-13(21)22/h1-4,7H,5-6H2,(H,18,20)(H,21,22)/p-1. The van der Waals surface area contributed by atoms with E-state index in [1.54, 1.807) is 0 Å². The van der Waals surface area contributed by atoms with E-state index in [9.17, 15) is 27.9 Å². The lowest BCUT2D eigenvalue weighted by atomic mass is 10.2. The third-order valence-electron chi connectivity index (χ3n) is 2.71. The van der Waals surface area contributed by atoms with Crippen molar-refractivity contribution in [2.45, 2.75) is 19.0 Å². The topological polar surface area (TPSA) is 82.1 Å². The Morgan fingerprint density at radius 1 is 1.26 bits per heavy atom. The summed E-state index contributed by atoms with van der Waals surface area (Å²) in [5, 5.41) is 14.6. The number of carbonyl (C=O) groups is 2. The van der Waals surface area contributed by atoms with Gasteiger partial charge in [-0.3, -0.25) is 4.79 Å². The van der Waals surface area contributed by atoms with Gasteiger partial charge in [-0.2, -0.15) is 13.2 Å². The van der Waals surface area contributed by atoms with Gasteiger partial charge in [0.25, 0.3) is 0 Å². The fourth-order valence-corrected chi connectivity index (χ4v) is 2.57. The van der Waals surface area contributed by atoms with Crippen LogP contribution in [0.15, 0.2) is 29.6 Å². The van der Waals surface area contributed by atoms with Crippen LogP contribution in [0.5, 0.6) is 0 Å². The number of nitrogens with zero attached hydrogens (tertiary/aromatic N) is 1. The Morgan fingerprint density at radius 2 is 2.00 bits per heavy atom. The number of carboxylic acids is 1. The largest absolute Gasteiger partial charge is 0.550 e. The van der Waals surface area contributed by atoms with Crippen LogP contribution in [-0.2, 0) is 28.6 Å². The van der Waals surface area contributed by atoms with Crippen LogP contribution in [-0.4, -0.2) is 16.9 Å². The van der Waals surface area contributed by atoms with Gasteiger partial charge >= 0.3 is 6.18 Å². The van der Waals surface area contributed by atoms with E-state index >= 15 is 0 Å². The zero-order chi connectivity index (χ0) is 17.0. The minimum Gasteiger partial charge on any atom is -0.550 e. The van der Waals surface area contributed by atoms with Crippen molar-refractivity contribution >= 4 is 28.9 Å². The van der Waals surface area contributed by atoms with Crippen LogP contribution in [0.3, 0.4) is 0 Å². The number of aliphatic carboxylic acids is 1. The lowest BCUT2D eigenvalue weighted by Crippen LogP contribution is -2.24. The summed E-state index contributed by atoms with van der Waals surface area (Å²) in [6, 6.07) is 4.28. The number of carboxylic acid groups (broad SMARTS) is 1. The number of hydrogen-bond acceptors (Lipinski definition) is 5. The Kier molecular flexibility index (Phi) is 4.99. The lowest BCUT2D eigenvalue weighted by Gasteiger charge is -2.09. The number of halogens is 3. The molecule has 2 rings (SSSR count). The number of thiazole rings is 1. The van der Waals surface area contributed by atoms with Crippen LogP contribution in [0.1, 0.15) is 16.3 Å². The highest BCUT2D eigenvalue weighted by Gasteiger charge is 2.30. The maximum atomic E-state index is 12.6. The van der Waals surface area contributed by atoms with Crippen LogP contribution in [0.25, 0.3) is 0 Å². The average molecular weight is 343 g/mol. The van der Waals surface area contributed by atoms with Gasteiger partial charge in [0.05, 0.1) is 17.7 Å². The molecule has 122 valence electrons. The van der Waals surface area contributed by atoms with E-state index in [4.69, 9.17) is 0 Å². The molecule has 0 unspecified atom stereocenters. The normalized spacial score (nSPS) is 11.3. The van der Waals surface area contributed by atoms with Gasteiger partial charge in [0.15, 0.2) is 0 Å². The van der Waals surface area contributed by atoms with Gasteiger partial charge in [-0.15, -0.1) is 11.3 Å². The van der Waals surface area contributed by atoms with Gasteiger partial charge in [-0.05, 0) is 18.2 Å². The second-order valence-corrected chi connectivity index (χ2v) is 5.53. The molecule has 2 aromatic rings. The van der Waals surface area contributed by atoms with Crippen molar-refractivity contribution in [3.63, 3.8) is 0 Å². The molecule has 1 aromatic carbocycles. The van der Waals surface area contributed by atoms with Crippen LogP contribution in [0.4, 0.5) is 18.9 Å². The first-order chi connectivity index (χ1) is 10.7. The summed E-state index contributed by atoms with van der Waals surface area (Å²) < 4.78 is 37.8. The highest BCUT2D eigenvalue weighted by atomic mass is 32.1. The molecule has 0 fully saturated rings. The molecule has 5 nitrogen and oxygen atoms in total. The van der Waals surface area contributed by atoms with Crippen molar-refractivity contribution in [3.8, 4) is 0 Å². The Balaban J connectivity index is 2.00. The summed E-state index contributed by atoms with van der Waals surface area (Å²) in [6.07, 6.45) is -5.00. The Labute approximate surface area is 132 Å². The number of benzene rings is 1. The zero-order valence-corrected chi connectivity index (χ0v) is 12.3. The Bertz CT molecular complexity index is 728. The highest BCUT2D eigenvalue weighted by molar-refractivity contribution is 7.09. The zero-order valence-electron chi connectivity index (χ0n) is 11.5. The van der Waals surface area contributed by atoms with Crippen molar-refractivity contribution in [2.75, 3.05) is 5.32 Å². The molecule has 1 amide bonds. The fraction of sp³-hybridized carbons (Fsp3) is 0.214. The van der Waals surface area contributed by atoms with Gasteiger partial charge in [0.2, 0.25) is 5.91 Å². The molecule has 0 aliphatic heterocycles. The molecule has 0 atom stereocenters. The van der Waals surface area contributed by atoms with Crippen LogP contribution in [0, 0.1) is 0 Å². The number of alkyl halides is 3. The van der Waals surface area contributed by atoms with E-state index in [1.165, 1.54) is 17.5 Å². The first-order valence-corrected chi connectivity index (χ1v) is 7.22. The molecule has 0 radical (unpaired) electrons. The van der Waals surface area contributed by atoms with Crippen LogP contribution >= 0.6 is 11.3 Å². The summed E-state index contributed by atoms with van der Waals surface area (Å²) in [5.41, 5.74) is -0.561. The molecular weight excluding hydrogens is 333 g/mol. The highest BCUT2D eigenvalue weighted by Crippen LogP contribution is 2.30. The number of carbonyl (C=O) groups excluding carboxylic acids is 2. The lowest BCUT2D eigenvalue weighted by molar-refractivity contribution is -0.304. The summed E-state index contributed by atoms with van der Waals surface area (Å²) in [4.78, 5) is 26.2. The molecule has 1 N–H and O–H groups in total. The molecule has 0 bridgehead atoms. The summed E-state index contributed by atoms with van der Waals surface area (Å²) in [5.74, 6) is -1.83. The van der Waals surface area contributed by atoms with Crippen LogP contribution < -0.4 is 10.4 Å². The van der Waals surface area contributed by atoms with E-state index in [2.05, 4.69) is 10.3 Å². The van der Waals surface area contributed by atoms with Crippen molar-refractivity contribution in [3.05, 3.63) is 45.9 Å². The van der Waals surface area contributed by atoms with Crippen molar-refractivity contribution in [1.82, 2.24) is 4.98 Å². The second kappa shape index (κ2) is 6.78. The first-order valence-electron chi connectivity index (χ1n) is 6.34. The Hall–Kier alpha value is -2.42. The summed E-state index contributed by atoms with van der Waals surface area (Å²) in [7, 11) is 0. The van der Waals surface area contributed by atoms with Gasteiger partial charge in [0, 0.05) is 23.5 Å². The number of anilines is 1. The SMILES string of the molecule is O=C([O-])Cc1csc(CC(=O)Nc2cccc(C(F)(F)F)c2)n1. The molecule has 1 heterocycles. The quantitative estimate of drug-likeness (QED) is 0.895. The summed E-state index contributed by atoms with van der Waals surface area (Å²) in [6.45, 7) is 0. The third kappa shape index (κ3) is 5.06. The molecule has 0 aliphatic rings. The van der Waals surface area contributed by atoms with Crippen molar-refractivity contribution in [1.29, 1.82) is 0 Å². The maximum Gasteiger partial charge on any atom is 0.416 e. The fourth-order valence-electron chi connectivity index (χ4n) is 1.77. The summed E-state index contributed by atoms with van der Waals surface area (Å²) >= 11 is 1.09. The molecule has 0 aliphatic carbocycles. The predicted octanol–water partition coefficient (Wildman–Crippen LogP) is 1.64.